The van der Waals surface area contributed by atoms with Crippen LogP contribution < -0.4 is 0 Å². The molecule has 2 heterocycles. The van der Waals surface area contributed by atoms with Gasteiger partial charge in [0.25, 0.3) is 0 Å². The van der Waals surface area contributed by atoms with Crippen LogP contribution in [0.2, 0.25) is 0 Å². The van der Waals surface area contributed by atoms with Gasteiger partial charge in [-0.3, -0.25) is 4.79 Å². The van der Waals surface area contributed by atoms with Crippen molar-refractivity contribution in [1.29, 1.82) is 0 Å². The summed E-state index contributed by atoms with van der Waals surface area (Å²) in [6.45, 7) is 5.92. The minimum Gasteiger partial charge on any atom is -0.341 e. The van der Waals surface area contributed by atoms with Gasteiger partial charge in [-0.25, -0.2) is 8.42 Å². The average Bonchev–Trinajstić information content (AvgIpc) is 3.05. The van der Waals surface area contributed by atoms with Crippen molar-refractivity contribution in [2.24, 2.45) is 5.92 Å². The van der Waals surface area contributed by atoms with E-state index in [2.05, 4.69) is 6.92 Å². The molecule has 1 amide bonds. The van der Waals surface area contributed by atoms with E-state index in [9.17, 15) is 13.2 Å². The Morgan fingerprint density at radius 2 is 1.75 bits per heavy atom. The van der Waals surface area contributed by atoms with Crippen molar-refractivity contribution >= 4 is 15.9 Å². The number of aryl methyl sites for hydroxylation is 1. The van der Waals surface area contributed by atoms with Gasteiger partial charge < -0.3 is 4.90 Å². The third kappa shape index (κ3) is 3.22. The first-order valence-corrected chi connectivity index (χ1v) is 10.2. The summed E-state index contributed by atoms with van der Waals surface area (Å²) >= 11 is 0. The fourth-order valence-electron chi connectivity index (χ4n) is 3.69. The molecule has 2 aliphatic heterocycles. The molecule has 0 spiro atoms. The van der Waals surface area contributed by atoms with Gasteiger partial charge in [0, 0.05) is 19.6 Å². The highest BCUT2D eigenvalue weighted by atomic mass is 32.2. The Labute approximate surface area is 144 Å². The molecule has 0 aromatic heterocycles. The number of likely N-dealkylation sites (tertiary alicyclic amines) is 1. The van der Waals surface area contributed by atoms with Gasteiger partial charge in [0.1, 0.15) is 6.04 Å². The van der Waals surface area contributed by atoms with Gasteiger partial charge in [0.2, 0.25) is 15.9 Å². The monoisotopic (exact) mass is 350 g/mol. The van der Waals surface area contributed by atoms with E-state index in [-0.39, 0.29) is 5.91 Å². The summed E-state index contributed by atoms with van der Waals surface area (Å²) in [5.41, 5.74) is 0.724. The van der Waals surface area contributed by atoms with Crippen molar-refractivity contribution in [2.75, 3.05) is 19.6 Å². The number of rotatable bonds is 3. The molecule has 2 aliphatic rings. The van der Waals surface area contributed by atoms with Crippen molar-refractivity contribution in [3.8, 4) is 0 Å². The van der Waals surface area contributed by atoms with Crippen LogP contribution in [0.1, 0.15) is 38.2 Å². The Morgan fingerprint density at radius 1 is 1.08 bits per heavy atom. The number of hydrogen-bond donors (Lipinski definition) is 0. The first-order chi connectivity index (χ1) is 11.4. The van der Waals surface area contributed by atoms with Crippen LogP contribution in [0.5, 0.6) is 0 Å². The van der Waals surface area contributed by atoms with Gasteiger partial charge in [-0.1, -0.05) is 25.1 Å². The van der Waals surface area contributed by atoms with Gasteiger partial charge in [0.05, 0.1) is 4.90 Å². The highest BCUT2D eigenvalue weighted by molar-refractivity contribution is 7.89. The average molecular weight is 350 g/mol. The number of sulfonamides is 1. The molecule has 0 N–H and O–H groups in total. The van der Waals surface area contributed by atoms with Gasteiger partial charge >= 0.3 is 0 Å². The van der Waals surface area contributed by atoms with Crippen molar-refractivity contribution in [3.05, 3.63) is 29.8 Å². The minimum atomic E-state index is -3.63. The predicted molar refractivity (Wildman–Crippen MR) is 93.1 cm³/mol. The number of carbonyl (C=O) groups excluding carboxylic acids is 1. The normalized spacial score (nSPS) is 23.6. The van der Waals surface area contributed by atoms with Crippen LogP contribution in [0.25, 0.3) is 0 Å². The first-order valence-electron chi connectivity index (χ1n) is 8.77. The molecule has 1 aromatic carbocycles. The Morgan fingerprint density at radius 3 is 2.42 bits per heavy atom. The zero-order chi connectivity index (χ0) is 17.3. The Kier molecular flexibility index (Phi) is 4.97. The molecule has 0 radical (unpaired) electrons. The number of amides is 1. The van der Waals surface area contributed by atoms with Crippen LogP contribution in [-0.4, -0.2) is 49.2 Å². The van der Waals surface area contributed by atoms with E-state index in [0.717, 1.165) is 37.9 Å². The van der Waals surface area contributed by atoms with Crippen molar-refractivity contribution in [3.63, 3.8) is 0 Å². The van der Waals surface area contributed by atoms with Crippen molar-refractivity contribution in [1.82, 2.24) is 9.21 Å². The second-order valence-corrected chi connectivity index (χ2v) is 8.91. The van der Waals surface area contributed by atoms with Crippen LogP contribution >= 0.6 is 0 Å². The minimum absolute atomic E-state index is 0.0171. The molecule has 5 nitrogen and oxygen atoms in total. The van der Waals surface area contributed by atoms with E-state index in [4.69, 9.17) is 0 Å². The topological polar surface area (TPSA) is 57.7 Å². The molecular weight excluding hydrogens is 324 g/mol. The second-order valence-electron chi connectivity index (χ2n) is 7.05. The summed E-state index contributed by atoms with van der Waals surface area (Å²) in [6.07, 6.45) is 3.37. The molecule has 2 saturated heterocycles. The largest absolute Gasteiger partial charge is 0.341 e. The van der Waals surface area contributed by atoms with Crippen LogP contribution in [0, 0.1) is 12.8 Å². The van der Waals surface area contributed by atoms with E-state index in [0.29, 0.717) is 23.8 Å². The SMILES string of the molecule is Cc1ccccc1S(=O)(=O)N1CCC[C@@H]1C(=O)N1CCC(C)CC1. The molecule has 1 aromatic rings. The third-order valence-electron chi connectivity index (χ3n) is 5.26. The van der Waals surface area contributed by atoms with E-state index in [1.165, 1.54) is 4.31 Å². The Hall–Kier alpha value is -1.40. The van der Waals surface area contributed by atoms with Crippen molar-refractivity contribution < 1.29 is 13.2 Å². The second kappa shape index (κ2) is 6.84. The molecule has 0 saturated carbocycles. The summed E-state index contributed by atoms with van der Waals surface area (Å²) in [4.78, 5) is 15.1. The maximum atomic E-state index is 13.1. The van der Waals surface area contributed by atoms with Gasteiger partial charge in [-0.2, -0.15) is 4.31 Å². The van der Waals surface area contributed by atoms with Gasteiger partial charge in [-0.05, 0) is 50.2 Å². The summed E-state index contributed by atoms with van der Waals surface area (Å²) in [6, 6.07) is 6.45. The van der Waals surface area contributed by atoms with Gasteiger partial charge in [-0.15, -0.1) is 0 Å². The first kappa shape index (κ1) is 17.4. The molecule has 132 valence electrons. The molecule has 6 heteroatoms. The summed E-state index contributed by atoms with van der Waals surface area (Å²) in [7, 11) is -3.63. The van der Waals surface area contributed by atoms with Crippen LogP contribution in [0.15, 0.2) is 29.2 Å². The number of piperidine rings is 1. The lowest BCUT2D eigenvalue weighted by Gasteiger charge is -2.34. The maximum Gasteiger partial charge on any atom is 0.244 e. The van der Waals surface area contributed by atoms with Crippen LogP contribution in [-0.2, 0) is 14.8 Å². The Balaban J connectivity index is 1.83. The summed E-state index contributed by atoms with van der Waals surface area (Å²) in [5.74, 6) is 0.626. The Bertz CT molecular complexity index is 709. The molecule has 24 heavy (non-hydrogen) atoms. The van der Waals surface area contributed by atoms with E-state index >= 15 is 0 Å². The lowest BCUT2D eigenvalue weighted by molar-refractivity contribution is -0.135. The number of benzene rings is 1. The van der Waals surface area contributed by atoms with E-state index in [1.54, 1.807) is 25.1 Å². The summed E-state index contributed by atoms with van der Waals surface area (Å²) < 4.78 is 27.5. The molecule has 1 atom stereocenters. The fraction of sp³-hybridized carbons (Fsp3) is 0.611. The molecule has 3 rings (SSSR count). The molecule has 2 fully saturated rings. The highest BCUT2D eigenvalue weighted by Crippen LogP contribution is 2.29. The zero-order valence-corrected chi connectivity index (χ0v) is 15.3. The van der Waals surface area contributed by atoms with E-state index < -0.39 is 16.1 Å². The smallest absolute Gasteiger partial charge is 0.244 e. The fourth-order valence-corrected chi connectivity index (χ4v) is 5.56. The van der Waals surface area contributed by atoms with E-state index in [1.807, 2.05) is 11.0 Å². The third-order valence-corrected chi connectivity index (χ3v) is 7.33. The number of nitrogens with zero attached hydrogens (tertiary/aromatic N) is 2. The molecule has 0 bridgehead atoms. The van der Waals surface area contributed by atoms with Crippen LogP contribution in [0.4, 0.5) is 0 Å². The lowest BCUT2D eigenvalue weighted by atomic mass is 9.98. The molecular formula is C18H26N2O3S. The standard InChI is InChI=1S/C18H26N2O3S/c1-14-9-12-19(13-10-14)18(21)16-7-5-11-20(16)24(22,23)17-8-4-3-6-15(17)2/h3-4,6,8,14,16H,5,7,9-13H2,1-2H3/t16-/m1/s1. The van der Waals surface area contributed by atoms with Crippen LogP contribution in [0.3, 0.4) is 0 Å². The number of carbonyl (C=O) groups is 1. The molecule has 0 unspecified atom stereocenters. The predicted octanol–water partition coefficient (Wildman–Crippen LogP) is 2.41. The maximum absolute atomic E-state index is 13.1. The zero-order valence-electron chi connectivity index (χ0n) is 14.4. The lowest BCUT2D eigenvalue weighted by Crippen LogP contribution is -2.49. The quantitative estimate of drug-likeness (QED) is 0.841. The van der Waals surface area contributed by atoms with Crippen molar-refractivity contribution in [2.45, 2.75) is 50.5 Å². The number of hydrogen-bond acceptors (Lipinski definition) is 3. The summed E-state index contributed by atoms with van der Waals surface area (Å²) in [5, 5.41) is 0. The van der Waals surface area contributed by atoms with Gasteiger partial charge in [0.15, 0.2) is 0 Å². The molecule has 0 aliphatic carbocycles. The highest BCUT2D eigenvalue weighted by Gasteiger charge is 2.41.